The number of rotatable bonds is 0. The topological polar surface area (TPSA) is 12.5 Å². The lowest BCUT2D eigenvalue weighted by Crippen LogP contribution is -1.94. The van der Waals surface area contributed by atoms with Crippen LogP contribution >= 0.6 is 0 Å². The van der Waals surface area contributed by atoms with Gasteiger partial charge in [-0.25, -0.2) is 0 Å². The number of fused-ring (bicyclic) bond motifs is 1. The van der Waals surface area contributed by atoms with E-state index in [1.165, 1.54) is 25.7 Å². The Morgan fingerprint density at radius 1 is 1.00 bits per heavy atom. The van der Waals surface area contributed by atoms with E-state index in [1.54, 1.807) is 0 Å². The van der Waals surface area contributed by atoms with Crippen LogP contribution in [0.2, 0.25) is 0 Å². The van der Waals surface area contributed by atoms with Gasteiger partial charge in [0.2, 0.25) is 0 Å². The lowest BCUT2D eigenvalue weighted by atomic mass is 10.1. The standard InChI is InChI=1S/C8H12O/c1-2-4-6-8-7(9-8)5-3-1/h1-2,7-8H,3-6H2/b2-1+. The lowest BCUT2D eigenvalue weighted by Gasteiger charge is -1.95. The molecule has 0 radical (unpaired) electrons. The fraction of sp³-hybridized carbons (Fsp3) is 0.750. The molecule has 2 rings (SSSR count). The maximum Gasteiger partial charge on any atom is 0.0845 e. The second-order valence-corrected chi connectivity index (χ2v) is 2.84. The van der Waals surface area contributed by atoms with Gasteiger partial charge in [-0.3, -0.25) is 0 Å². The smallest absolute Gasteiger partial charge is 0.0845 e. The predicted molar refractivity (Wildman–Crippen MR) is 36.3 cm³/mol. The third kappa shape index (κ3) is 1.16. The lowest BCUT2D eigenvalue weighted by molar-refractivity contribution is 0.359. The van der Waals surface area contributed by atoms with Gasteiger partial charge in [-0.2, -0.15) is 0 Å². The van der Waals surface area contributed by atoms with Crippen molar-refractivity contribution in [3.8, 4) is 0 Å². The van der Waals surface area contributed by atoms with Crippen molar-refractivity contribution in [2.45, 2.75) is 37.9 Å². The number of ether oxygens (including phenoxy) is 1. The van der Waals surface area contributed by atoms with Gasteiger partial charge in [-0.05, 0) is 25.7 Å². The summed E-state index contributed by atoms with van der Waals surface area (Å²) in [5.74, 6) is 0. The minimum atomic E-state index is 0.634. The molecule has 0 aromatic rings. The number of allylic oxidation sites excluding steroid dienone is 2. The summed E-state index contributed by atoms with van der Waals surface area (Å²) in [7, 11) is 0. The molecule has 2 atom stereocenters. The monoisotopic (exact) mass is 124 g/mol. The van der Waals surface area contributed by atoms with E-state index in [9.17, 15) is 0 Å². The maximum atomic E-state index is 5.40. The molecule has 0 amide bonds. The summed E-state index contributed by atoms with van der Waals surface area (Å²) in [5, 5.41) is 0. The molecule has 2 aliphatic rings. The first kappa shape index (κ1) is 5.48. The first-order chi connectivity index (χ1) is 4.47. The third-order valence-corrected chi connectivity index (χ3v) is 2.09. The molecule has 1 aliphatic carbocycles. The SMILES string of the molecule is C1=C/CCC2OC2CC/1. The fourth-order valence-electron chi connectivity index (χ4n) is 1.44. The van der Waals surface area contributed by atoms with E-state index in [0.29, 0.717) is 12.2 Å². The molecule has 1 saturated heterocycles. The summed E-state index contributed by atoms with van der Waals surface area (Å²) in [4.78, 5) is 0. The molecular formula is C8H12O. The Labute approximate surface area is 55.7 Å². The molecule has 0 aromatic carbocycles. The van der Waals surface area contributed by atoms with Crippen LogP contribution in [-0.4, -0.2) is 12.2 Å². The van der Waals surface area contributed by atoms with Crippen molar-refractivity contribution < 1.29 is 4.74 Å². The second-order valence-electron chi connectivity index (χ2n) is 2.84. The zero-order chi connectivity index (χ0) is 6.10. The van der Waals surface area contributed by atoms with Gasteiger partial charge in [0.05, 0.1) is 12.2 Å². The fourth-order valence-corrected chi connectivity index (χ4v) is 1.44. The Morgan fingerprint density at radius 2 is 1.56 bits per heavy atom. The quantitative estimate of drug-likeness (QED) is 0.355. The van der Waals surface area contributed by atoms with Gasteiger partial charge >= 0.3 is 0 Å². The summed E-state index contributed by atoms with van der Waals surface area (Å²) in [6.45, 7) is 0. The molecule has 50 valence electrons. The van der Waals surface area contributed by atoms with Crippen molar-refractivity contribution in [2.75, 3.05) is 0 Å². The highest BCUT2D eigenvalue weighted by Crippen LogP contribution is 2.31. The van der Waals surface area contributed by atoms with Crippen LogP contribution in [0.1, 0.15) is 25.7 Å². The van der Waals surface area contributed by atoms with Gasteiger partial charge < -0.3 is 4.74 Å². The van der Waals surface area contributed by atoms with Crippen molar-refractivity contribution in [3.05, 3.63) is 12.2 Å². The Balaban J connectivity index is 1.91. The first-order valence-corrected chi connectivity index (χ1v) is 3.77. The van der Waals surface area contributed by atoms with Crippen molar-refractivity contribution in [2.24, 2.45) is 0 Å². The molecular weight excluding hydrogens is 112 g/mol. The highest BCUT2D eigenvalue weighted by molar-refractivity contribution is 4.94. The van der Waals surface area contributed by atoms with Gasteiger partial charge in [0.1, 0.15) is 0 Å². The average Bonchev–Trinajstić information content (AvgIpc) is 2.46. The molecule has 0 saturated carbocycles. The summed E-state index contributed by atoms with van der Waals surface area (Å²) >= 11 is 0. The summed E-state index contributed by atoms with van der Waals surface area (Å²) in [6, 6.07) is 0. The van der Waals surface area contributed by atoms with Crippen molar-refractivity contribution in [3.63, 3.8) is 0 Å². The largest absolute Gasteiger partial charge is 0.370 e. The van der Waals surface area contributed by atoms with E-state index in [-0.39, 0.29) is 0 Å². The molecule has 1 heteroatoms. The molecule has 9 heavy (non-hydrogen) atoms. The van der Waals surface area contributed by atoms with Crippen molar-refractivity contribution >= 4 is 0 Å². The second kappa shape index (κ2) is 2.14. The van der Waals surface area contributed by atoms with Crippen LogP contribution in [0.25, 0.3) is 0 Å². The van der Waals surface area contributed by atoms with E-state index in [4.69, 9.17) is 4.74 Å². The molecule has 0 aromatic heterocycles. The van der Waals surface area contributed by atoms with E-state index in [2.05, 4.69) is 12.2 Å². The first-order valence-electron chi connectivity index (χ1n) is 3.77. The Morgan fingerprint density at radius 3 is 2.11 bits per heavy atom. The molecule has 2 unspecified atom stereocenters. The minimum absolute atomic E-state index is 0.634. The maximum absolute atomic E-state index is 5.40. The zero-order valence-electron chi connectivity index (χ0n) is 5.55. The molecule has 0 spiro atoms. The van der Waals surface area contributed by atoms with E-state index >= 15 is 0 Å². The highest BCUT2D eigenvalue weighted by Gasteiger charge is 2.37. The third-order valence-electron chi connectivity index (χ3n) is 2.09. The van der Waals surface area contributed by atoms with Crippen molar-refractivity contribution in [1.29, 1.82) is 0 Å². The Hall–Kier alpha value is -0.300. The average molecular weight is 124 g/mol. The highest BCUT2D eigenvalue weighted by atomic mass is 16.6. The molecule has 1 fully saturated rings. The van der Waals surface area contributed by atoms with Crippen LogP contribution < -0.4 is 0 Å². The Kier molecular flexibility index (Phi) is 1.31. The molecule has 0 bridgehead atoms. The minimum Gasteiger partial charge on any atom is -0.370 e. The molecule has 0 N–H and O–H groups in total. The number of epoxide rings is 1. The van der Waals surface area contributed by atoms with Crippen LogP contribution in [0.3, 0.4) is 0 Å². The van der Waals surface area contributed by atoms with Gasteiger partial charge in [-0.1, -0.05) is 12.2 Å². The zero-order valence-corrected chi connectivity index (χ0v) is 5.55. The van der Waals surface area contributed by atoms with E-state index < -0.39 is 0 Å². The number of hydrogen-bond acceptors (Lipinski definition) is 1. The van der Waals surface area contributed by atoms with Crippen LogP contribution in [0.4, 0.5) is 0 Å². The van der Waals surface area contributed by atoms with Crippen molar-refractivity contribution in [1.82, 2.24) is 0 Å². The molecule has 1 heterocycles. The van der Waals surface area contributed by atoms with Gasteiger partial charge in [0, 0.05) is 0 Å². The van der Waals surface area contributed by atoms with E-state index in [1.807, 2.05) is 0 Å². The van der Waals surface area contributed by atoms with E-state index in [0.717, 1.165) is 0 Å². The van der Waals surface area contributed by atoms with Gasteiger partial charge in [0.25, 0.3) is 0 Å². The molecule has 1 nitrogen and oxygen atoms in total. The van der Waals surface area contributed by atoms with Crippen LogP contribution in [0, 0.1) is 0 Å². The van der Waals surface area contributed by atoms with Crippen LogP contribution in [0.15, 0.2) is 12.2 Å². The summed E-state index contributed by atoms with van der Waals surface area (Å²) < 4.78 is 5.40. The predicted octanol–water partition coefficient (Wildman–Crippen LogP) is 1.88. The van der Waals surface area contributed by atoms with Gasteiger partial charge in [0.15, 0.2) is 0 Å². The van der Waals surface area contributed by atoms with Crippen LogP contribution in [0.5, 0.6) is 0 Å². The van der Waals surface area contributed by atoms with Gasteiger partial charge in [-0.15, -0.1) is 0 Å². The Bertz CT molecular complexity index is 115. The summed E-state index contributed by atoms with van der Waals surface area (Å²) in [5.41, 5.74) is 0. The van der Waals surface area contributed by atoms with Crippen LogP contribution in [-0.2, 0) is 4.74 Å². The molecule has 1 aliphatic heterocycles. The normalized spacial score (nSPS) is 44.4. The summed E-state index contributed by atoms with van der Waals surface area (Å²) in [6.07, 6.45) is 10.8. The number of hydrogen-bond donors (Lipinski definition) is 0.